The first-order valence-corrected chi connectivity index (χ1v) is 7.97. The third kappa shape index (κ3) is 5.71. The van der Waals surface area contributed by atoms with Crippen LogP contribution in [0.25, 0.3) is 0 Å². The molecular weight excluding hydrogens is 318 g/mol. The summed E-state index contributed by atoms with van der Waals surface area (Å²) in [6.07, 6.45) is 1.31. The number of methoxy groups -OCH3 is 1. The zero-order valence-electron chi connectivity index (χ0n) is 13.1. The van der Waals surface area contributed by atoms with Crippen molar-refractivity contribution in [2.75, 3.05) is 13.7 Å². The highest BCUT2D eigenvalue weighted by molar-refractivity contribution is 9.10. The van der Waals surface area contributed by atoms with Crippen LogP contribution >= 0.6 is 15.9 Å². The highest BCUT2D eigenvalue weighted by atomic mass is 79.9. The lowest BCUT2D eigenvalue weighted by Crippen LogP contribution is -2.16. The van der Waals surface area contributed by atoms with Crippen molar-refractivity contribution >= 4 is 15.9 Å². The van der Waals surface area contributed by atoms with Gasteiger partial charge in [-0.2, -0.15) is 0 Å². The summed E-state index contributed by atoms with van der Waals surface area (Å²) in [5, 5.41) is 3.45. The van der Waals surface area contributed by atoms with Crippen LogP contribution in [0.5, 0.6) is 11.5 Å². The van der Waals surface area contributed by atoms with E-state index in [2.05, 4.69) is 41.2 Å². The Kier molecular flexibility index (Phi) is 7.38. The molecule has 0 radical (unpaired) electrons. The molecular formula is C16H26BrNO2. The maximum atomic E-state index is 5.79. The first-order chi connectivity index (χ1) is 9.43. The molecule has 0 heterocycles. The van der Waals surface area contributed by atoms with Crippen molar-refractivity contribution in [1.29, 1.82) is 0 Å². The fourth-order valence-electron chi connectivity index (χ4n) is 1.85. The van der Waals surface area contributed by atoms with Gasteiger partial charge in [0.2, 0.25) is 0 Å². The summed E-state index contributed by atoms with van der Waals surface area (Å²) >= 11 is 3.57. The molecule has 3 nitrogen and oxygen atoms in total. The Hall–Kier alpha value is -0.740. The fourth-order valence-corrected chi connectivity index (χ4v) is 2.43. The van der Waals surface area contributed by atoms with E-state index in [9.17, 15) is 0 Å². The first kappa shape index (κ1) is 17.3. The molecule has 0 spiro atoms. The Morgan fingerprint density at radius 3 is 2.45 bits per heavy atom. The van der Waals surface area contributed by atoms with Crippen LogP contribution < -0.4 is 14.8 Å². The lowest BCUT2D eigenvalue weighted by Gasteiger charge is -2.17. The zero-order valence-corrected chi connectivity index (χ0v) is 14.7. The van der Waals surface area contributed by atoms with Crippen molar-refractivity contribution in [3.8, 4) is 11.5 Å². The molecule has 0 aromatic heterocycles. The van der Waals surface area contributed by atoms with Crippen LogP contribution in [0.1, 0.15) is 39.7 Å². The molecule has 0 aliphatic rings. The van der Waals surface area contributed by atoms with Crippen molar-refractivity contribution in [3.05, 3.63) is 22.2 Å². The van der Waals surface area contributed by atoms with Gasteiger partial charge in [-0.25, -0.2) is 0 Å². The average molecular weight is 344 g/mol. The van der Waals surface area contributed by atoms with E-state index in [1.165, 1.54) is 12.0 Å². The number of benzene rings is 1. The van der Waals surface area contributed by atoms with Gasteiger partial charge in [0.15, 0.2) is 11.5 Å². The Balaban J connectivity index is 2.72. The van der Waals surface area contributed by atoms with Crippen molar-refractivity contribution < 1.29 is 9.47 Å². The van der Waals surface area contributed by atoms with Crippen LogP contribution in [-0.4, -0.2) is 19.8 Å². The van der Waals surface area contributed by atoms with Crippen molar-refractivity contribution in [2.45, 2.75) is 46.8 Å². The van der Waals surface area contributed by atoms with Crippen LogP contribution in [0.15, 0.2) is 16.6 Å². The van der Waals surface area contributed by atoms with Gasteiger partial charge in [-0.05, 0) is 66.4 Å². The van der Waals surface area contributed by atoms with Gasteiger partial charge >= 0.3 is 0 Å². The molecule has 0 atom stereocenters. The standard InChI is InChI=1S/C16H26BrNO2/c1-11(2)6-7-18-10-13-8-14(17)16(20-12(3)4)15(9-13)19-5/h8-9,11-12,18H,6-7,10H2,1-5H3. The summed E-state index contributed by atoms with van der Waals surface area (Å²) in [4.78, 5) is 0. The summed E-state index contributed by atoms with van der Waals surface area (Å²) in [7, 11) is 1.67. The minimum atomic E-state index is 0.121. The Labute approximate surface area is 131 Å². The number of halogens is 1. The summed E-state index contributed by atoms with van der Waals surface area (Å²) in [6.45, 7) is 10.4. The topological polar surface area (TPSA) is 30.5 Å². The van der Waals surface area contributed by atoms with E-state index in [0.29, 0.717) is 0 Å². The molecule has 1 rings (SSSR count). The van der Waals surface area contributed by atoms with Crippen LogP contribution in [0.2, 0.25) is 0 Å². The minimum absolute atomic E-state index is 0.121. The number of nitrogens with one attached hydrogen (secondary N) is 1. The SMILES string of the molecule is COc1cc(CNCCC(C)C)cc(Br)c1OC(C)C. The second-order valence-corrected chi connectivity index (χ2v) is 6.49. The summed E-state index contributed by atoms with van der Waals surface area (Å²) < 4.78 is 12.2. The van der Waals surface area contributed by atoms with Crippen LogP contribution in [0.4, 0.5) is 0 Å². The van der Waals surface area contributed by atoms with Gasteiger partial charge in [-0.15, -0.1) is 0 Å². The second kappa shape index (κ2) is 8.53. The van der Waals surface area contributed by atoms with Crippen molar-refractivity contribution in [3.63, 3.8) is 0 Å². The highest BCUT2D eigenvalue weighted by Gasteiger charge is 2.12. The predicted molar refractivity (Wildman–Crippen MR) is 87.6 cm³/mol. The van der Waals surface area contributed by atoms with Gasteiger partial charge in [-0.1, -0.05) is 13.8 Å². The van der Waals surface area contributed by atoms with E-state index >= 15 is 0 Å². The molecule has 4 heteroatoms. The third-order valence-electron chi connectivity index (χ3n) is 2.87. The number of hydrogen-bond acceptors (Lipinski definition) is 3. The largest absolute Gasteiger partial charge is 0.493 e. The quantitative estimate of drug-likeness (QED) is 0.710. The summed E-state index contributed by atoms with van der Waals surface area (Å²) in [6, 6.07) is 4.12. The van der Waals surface area contributed by atoms with Crippen LogP contribution in [0, 0.1) is 5.92 Å². The molecule has 0 saturated carbocycles. The molecule has 0 fully saturated rings. The van der Waals surface area contributed by atoms with Gasteiger partial charge in [0, 0.05) is 6.54 Å². The van der Waals surface area contributed by atoms with Gasteiger partial charge in [0.1, 0.15) is 0 Å². The molecule has 1 N–H and O–H groups in total. The molecule has 0 aliphatic heterocycles. The number of ether oxygens (including phenoxy) is 2. The maximum Gasteiger partial charge on any atom is 0.175 e. The Bertz CT molecular complexity index is 419. The molecule has 0 unspecified atom stereocenters. The molecule has 0 aliphatic carbocycles. The van der Waals surface area contributed by atoms with Crippen LogP contribution in [-0.2, 0) is 6.54 Å². The predicted octanol–water partition coefficient (Wildman–Crippen LogP) is 4.38. The summed E-state index contributed by atoms with van der Waals surface area (Å²) in [5.41, 5.74) is 1.19. The third-order valence-corrected chi connectivity index (χ3v) is 3.46. The van der Waals surface area contributed by atoms with E-state index in [1.54, 1.807) is 7.11 Å². The van der Waals surface area contributed by atoms with Crippen molar-refractivity contribution in [2.24, 2.45) is 5.92 Å². The Morgan fingerprint density at radius 1 is 1.20 bits per heavy atom. The molecule has 114 valence electrons. The molecule has 0 bridgehead atoms. The summed E-state index contributed by atoms with van der Waals surface area (Å²) in [5.74, 6) is 2.27. The van der Waals surface area contributed by atoms with Crippen molar-refractivity contribution in [1.82, 2.24) is 5.32 Å². The fraction of sp³-hybridized carbons (Fsp3) is 0.625. The van der Waals surface area contributed by atoms with E-state index in [1.807, 2.05) is 19.9 Å². The monoisotopic (exact) mass is 343 g/mol. The highest BCUT2D eigenvalue weighted by Crippen LogP contribution is 2.37. The van der Waals surface area contributed by atoms with Crippen LogP contribution in [0.3, 0.4) is 0 Å². The molecule has 0 saturated heterocycles. The smallest absolute Gasteiger partial charge is 0.175 e. The normalized spacial score (nSPS) is 11.2. The van der Waals surface area contributed by atoms with E-state index in [-0.39, 0.29) is 6.10 Å². The molecule has 1 aromatic carbocycles. The van der Waals surface area contributed by atoms with Gasteiger partial charge in [0.25, 0.3) is 0 Å². The van der Waals surface area contributed by atoms with E-state index < -0.39 is 0 Å². The van der Waals surface area contributed by atoms with Gasteiger partial charge in [0.05, 0.1) is 17.7 Å². The maximum absolute atomic E-state index is 5.79. The number of rotatable bonds is 8. The van der Waals surface area contributed by atoms with E-state index in [0.717, 1.165) is 35.0 Å². The number of hydrogen-bond donors (Lipinski definition) is 1. The average Bonchev–Trinajstić information content (AvgIpc) is 2.36. The van der Waals surface area contributed by atoms with Gasteiger partial charge < -0.3 is 14.8 Å². The first-order valence-electron chi connectivity index (χ1n) is 7.17. The molecule has 20 heavy (non-hydrogen) atoms. The lowest BCUT2D eigenvalue weighted by atomic mass is 10.1. The molecule has 0 amide bonds. The lowest BCUT2D eigenvalue weighted by molar-refractivity contribution is 0.228. The second-order valence-electron chi connectivity index (χ2n) is 5.63. The Morgan fingerprint density at radius 2 is 1.90 bits per heavy atom. The minimum Gasteiger partial charge on any atom is -0.493 e. The van der Waals surface area contributed by atoms with E-state index in [4.69, 9.17) is 9.47 Å². The zero-order chi connectivity index (χ0) is 15.1. The van der Waals surface area contributed by atoms with Gasteiger partial charge in [-0.3, -0.25) is 0 Å². The molecule has 1 aromatic rings.